The SMILES string of the molecule is N#CC(C#N)N=Nc1ccc2c(c1)OCCO2. The minimum absolute atomic E-state index is 0.493. The lowest BCUT2D eigenvalue weighted by Gasteiger charge is -2.17. The summed E-state index contributed by atoms with van der Waals surface area (Å²) in [4.78, 5) is 0. The molecule has 0 amide bonds. The molecule has 0 spiro atoms. The average molecular weight is 228 g/mol. The standard InChI is InChI=1S/C11H8N4O2/c12-6-9(7-13)15-14-8-1-2-10-11(5-8)17-4-3-16-10/h1-2,5,9H,3-4H2. The van der Waals surface area contributed by atoms with Gasteiger partial charge in [0.2, 0.25) is 6.04 Å². The quantitative estimate of drug-likeness (QED) is 0.723. The Morgan fingerprint density at radius 2 is 1.82 bits per heavy atom. The van der Waals surface area contributed by atoms with E-state index in [2.05, 4.69) is 10.2 Å². The van der Waals surface area contributed by atoms with Crippen LogP contribution in [0.25, 0.3) is 0 Å². The predicted molar refractivity (Wildman–Crippen MR) is 57.0 cm³/mol. The number of azo groups is 1. The lowest BCUT2D eigenvalue weighted by atomic mass is 10.2. The van der Waals surface area contributed by atoms with Crippen LogP contribution in [0.2, 0.25) is 0 Å². The maximum absolute atomic E-state index is 8.53. The fraction of sp³-hybridized carbons (Fsp3) is 0.273. The molecule has 6 heteroatoms. The summed E-state index contributed by atoms with van der Waals surface area (Å²) in [5.74, 6) is 1.26. The molecule has 0 atom stereocenters. The first-order chi connectivity index (χ1) is 8.33. The predicted octanol–water partition coefficient (Wildman–Crippen LogP) is 1.96. The third-order valence-electron chi connectivity index (χ3n) is 2.06. The second-order valence-electron chi connectivity index (χ2n) is 3.20. The minimum atomic E-state index is -1.08. The van der Waals surface area contributed by atoms with Gasteiger partial charge in [0.15, 0.2) is 11.5 Å². The first-order valence-electron chi connectivity index (χ1n) is 4.93. The molecule has 0 radical (unpaired) electrons. The van der Waals surface area contributed by atoms with E-state index in [0.717, 1.165) is 0 Å². The van der Waals surface area contributed by atoms with Crippen molar-refractivity contribution in [2.75, 3.05) is 13.2 Å². The van der Waals surface area contributed by atoms with Crippen LogP contribution >= 0.6 is 0 Å². The highest BCUT2D eigenvalue weighted by Gasteiger charge is 2.11. The molecular weight excluding hydrogens is 220 g/mol. The van der Waals surface area contributed by atoms with Crippen LogP contribution in [0, 0.1) is 22.7 Å². The van der Waals surface area contributed by atoms with Gasteiger partial charge in [-0.25, -0.2) is 0 Å². The fourth-order valence-corrected chi connectivity index (χ4v) is 1.30. The smallest absolute Gasteiger partial charge is 0.242 e. The summed E-state index contributed by atoms with van der Waals surface area (Å²) < 4.78 is 10.7. The summed E-state index contributed by atoms with van der Waals surface area (Å²) in [7, 11) is 0. The van der Waals surface area contributed by atoms with Gasteiger partial charge in [-0.1, -0.05) is 0 Å². The molecule has 2 rings (SSSR count). The highest BCUT2D eigenvalue weighted by Crippen LogP contribution is 2.33. The Morgan fingerprint density at radius 1 is 1.12 bits per heavy atom. The maximum Gasteiger partial charge on any atom is 0.242 e. The second-order valence-corrected chi connectivity index (χ2v) is 3.20. The number of ether oxygens (including phenoxy) is 2. The van der Waals surface area contributed by atoms with E-state index in [9.17, 15) is 0 Å². The maximum atomic E-state index is 8.53. The molecule has 0 N–H and O–H groups in total. The number of nitrogens with zero attached hydrogens (tertiary/aromatic N) is 4. The van der Waals surface area contributed by atoms with E-state index in [1.807, 2.05) is 0 Å². The first kappa shape index (κ1) is 10.9. The number of rotatable bonds is 2. The number of benzene rings is 1. The van der Waals surface area contributed by atoms with Crippen molar-refractivity contribution in [1.82, 2.24) is 0 Å². The van der Waals surface area contributed by atoms with Crippen LogP contribution in [0.5, 0.6) is 11.5 Å². The first-order valence-corrected chi connectivity index (χ1v) is 4.93. The molecule has 1 aromatic rings. The van der Waals surface area contributed by atoms with Crippen LogP contribution in [0.15, 0.2) is 28.4 Å². The lowest BCUT2D eigenvalue weighted by molar-refractivity contribution is 0.171. The summed E-state index contributed by atoms with van der Waals surface area (Å²) in [5.41, 5.74) is 0.518. The van der Waals surface area contributed by atoms with Crippen LogP contribution in [0.1, 0.15) is 0 Å². The van der Waals surface area contributed by atoms with Gasteiger partial charge in [-0.2, -0.15) is 20.8 Å². The third kappa shape index (κ3) is 2.50. The van der Waals surface area contributed by atoms with Crippen LogP contribution in [0.4, 0.5) is 5.69 Å². The van der Waals surface area contributed by atoms with Gasteiger partial charge in [0.05, 0.1) is 5.69 Å². The number of fused-ring (bicyclic) bond motifs is 1. The lowest BCUT2D eigenvalue weighted by Crippen LogP contribution is -2.14. The zero-order chi connectivity index (χ0) is 12.1. The van der Waals surface area contributed by atoms with Crippen LogP contribution in [-0.2, 0) is 0 Å². The number of nitriles is 2. The van der Waals surface area contributed by atoms with Gasteiger partial charge < -0.3 is 9.47 Å². The van der Waals surface area contributed by atoms with E-state index in [0.29, 0.717) is 30.4 Å². The Hall–Kier alpha value is -2.60. The largest absolute Gasteiger partial charge is 0.486 e. The fourth-order valence-electron chi connectivity index (χ4n) is 1.30. The summed E-state index contributed by atoms with van der Waals surface area (Å²) in [5, 5.41) is 24.4. The van der Waals surface area contributed by atoms with Crippen molar-refractivity contribution >= 4 is 5.69 Å². The molecule has 0 bridgehead atoms. The zero-order valence-electron chi connectivity index (χ0n) is 8.83. The van der Waals surface area contributed by atoms with E-state index in [4.69, 9.17) is 20.0 Å². The highest BCUT2D eigenvalue weighted by molar-refractivity contribution is 5.51. The van der Waals surface area contributed by atoms with E-state index >= 15 is 0 Å². The van der Waals surface area contributed by atoms with Gasteiger partial charge in [-0.15, -0.1) is 0 Å². The van der Waals surface area contributed by atoms with Crippen molar-refractivity contribution in [1.29, 1.82) is 10.5 Å². The van der Waals surface area contributed by atoms with Gasteiger partial charge >= 0.3 is 0 Å². The molecule has 1 heterocycles. The Bertz CT molecular complexity index is 513. The van der Waals surface area contributed by atoms with E-state index in [1.165, 1.54) is 0 Å². The molecule has 17 heavy (non-hydrogen) atoms. The highest BCUT2D eigenvalue weighted by atomic mass is 16.6. The molecule has 0 saturated heterocycles. The second kappa shape index (κ2) is 4.95. The molecule has 0 aliphatic carbocycles. The molecule has 0 fully saturated rings. The van der Waals surface area contributed by atoms with E-state index in [1.54, 1.807) is 30.3 Å². The van der Waals surface area contributed by atoms with Gasteiger partial charge in [-0.3, -0.25) is 0 Å². The molecule has 84 valence electrons. The Labute approximate surface area is 97.7 Å². The van der Waals surface area contributed by atoms with Crippen LogP contribution in [0.3, 0.4) is 0 Å². The van der Waals surface area contributed by atoms with Gasteiger partial charge in [0, 0.05) is 6.07 Å². The third-order valence-corrected chi connectivity index (χ3v) is 2.06. The van der Waals surface area contributed by atoms with Gasteiger partial charge in [0.1, 0.15) is 25.4 Å². The Kier molecular flexibility index (Phi) is 3.18. The monoisotopic (exact) mass is 228 g/mol. The van der Waals surface area contributed by atoms with Gasteiger partial charge in [0.25, 0.3) is 0 Å². The number of hydrogen-bond acceptors (Lipinski definition) is 6. The Morgan fingerprint density at radius 3 is 2.53 bits per heavy atom. The Balaban J connectivity index is 2.18. The molecular formula is C11H8N4O2. The van der Waals surface area contributed by atoms with Crippen LogP contribution < -0.4 is 9.47 Å². The molecule has 1 aliphatic rings. The van der Waals surface area contributed by atoms with Crippen molar-refractivity contribution in [2.24, 2.45) is 10.2 Å². The molecule has 0 unspecified atom stereocenters. The van der Waals surface area contributed by atoms with Crippen molar-refractivity contribution in [3.63, 3.8) is 0 Å². The minimum Gasteiger partial charge on any atom is -0.486 e. The normalized spacial score (nSPS) is 13.4. The van der Waals surface area contributed by atoms with Crippen molar-refractivity contribution in [3.05, 3.63) is 18.2 Å². The average Bonchev–Trinajstić information content (AvgIpc) is 2.40. The molecule has 1 aliphatic heterocycles. The van der Waals surface area contributed by atoms with Crippen LogP contribution in [-0.4, -0.2) is 19.3 Å². The van der Waals surface area contributed by atoms with Crippen molar-refractivity contribution in [3.8, 4) is 23.6 Å². The molecule has 0 aromatic heterocycles. The topological polar surface area (TPSA) is 90.8 Å². The van der Waals surface area contributed by atoms with E-state index in [-0.39, 0.29) is 0 Å². The molecule has 0 saturated carbocycles. The number of hydrogen-bond donors (Lipinski definition) is 0. The summed E-state index contributed by atoms with van der Waals surface area (Å²) >= 11 is 0. The molecule has 1 aromatic carbocycles. The van der Waals surface area contributed by atoms with E-state index < -0.39 is 6.04 Å². The summed E-state index contributed by atoms with van der Waals surface area (Å²) in [6.45, 7) is 1.02. The zero-order valence-corrected chi connectivity index (χ0v) is 8.83. The summed E-state index contributed by atoms with van der Waals surface area (Å²) in [6, 6.07) is 7.39. The summed E-state index contributed by atoms with van der Waals surface area (Å²) in [6.07, 6.45) is 0. The molecule has 6 nitrogen and oxygen atoms in total. The van der Waals surface area contributed by atoms with Crippen molar-refractivity contribution < 1.29 is 9.47 Å². The van der Waals surface area contributed by atoms with Gasteiger partial charge in [-0.05, 0) is 12.1 Å². The van der Waals surface area contributed by atoms with Crippen molar-refractivity contribution in [2.45, 2.75) is 6.04 Å².